The molecular weight excluding hydrogens is 156 g/mol. The minimum atomic E-state index is -0.917. The SMILES string of the molecule is Cc1ccnc(CC(=O)O)c1N. The number of aromatic nitrogens is 1. The van der Waals surface area contributed by atoms with Gasteiger partial charge in [0.1, 0.15) is 0 Å². The maximum Gasteiger partial charge on any atom is 0.309 e. The monoisotopic (exact) mass is 166 g/mol. The number of hydrogen-bond acceptors (Lipinski definition) is 3. The molecule has 0 saturated carbocycles. The summed E-state index contributed by atoms with van der Waals surface area (Å²) in [5, 5.41) is 8.49. The number of nitrogens with two attached hydrogens (primary N) is 1. The molecule has 0 aliphatic rings. The van der Waals surface area contributed by atoms with Crippen molar-refractivity contribution in [1.29, 1.82) is 0 Å². The number of carboxylic acids is 1. The van der Waals surface area contributed by atoms with E-state index >= 15 is 0 Å². The molecule has 0 unspecified atom stereocenters. The Bertz CT molecular complexity index is 310. The van der Waals surface area contributed by atoms with E-state index in [2.05, 4.69) is 4.98 Å². The lowest BCUT2D eigenvalue weighted by atomic mass is 10.1. The summed E-state index contributed by atoms with van der Waals surface area (Å²) < 4.78 is 0. The molecule has 0 atom stereocenters. The van der Waals surface area contributed by atoms with Crippen LogP contribution in [0, 0.1) is 6.92 Å². The van der Waals surface area contributed by atoms with Crippen LogP contribution in [0.3, 0.4) is 0 Å². The summed E-state index contributed by atoms with van der Waals surface area (Å²) >= 11 is 0. The highest BCUT2D eigenvalue weighted by Crippen LogP contribution is 2.13. The number of carbonyl (C=O) groups is 1. The highest BCUT2D eigenvalue weighted by atomic mass is 16.4. The molecule has 0 amide bonds. The fourth-order valence-corrected chi connectivity index (χ4v) is 0.910. The Morgan fingerprint density at radius 2 is 2.42 bits per heavy atom. The molecule has 0 aliphatic heterocycles. The van der Waals surface area contributed by atoms with E-state index in [0.29, 0.717) is 11.4 Å². The molecule has 1 aromatic rings. The second kappa shape index (κ2) is 3.21. The zero-order chi connectivity index (χ0) is 9.14. The van der Waals surface area contributed by atoms with Crippen molar-refractivity contribution in [2.24, 2.45) is 0 Å². The van der Waals surface area contributed by atoms with Gasteiger partial charge in [-0.2, -0.15) is 0 Å². The third-order valence-corrected chi connectivity index (χ3v) is 1.61. The van der Waals surface area contributed by atoms with Crippen LogP contribution >= 0.6 is 0 Å². The molecule has 12 heavy (non-hydrogen) atoms. The molecule has 0 bridgehead atoms. The van der Waals surface area contributed by atoms with Gasteiger partial charge < -0.3 is 10.8 Å². The average molecular weight is 166 g/mol. The zero-order valence-electron chi connectivity index (χ0n) is 6.74. The minimum Gasteiger partial charge on any atom is -0.481 e. The summed E-state index contributed by atoms with van der Waals surface area (Å²) in [6, 6.07) is 1.75. The maximum absolute atomic E-state index is 10.3. The van der Waals surface area contributed by atoms with E-state index < -0.39 is 5.97 Å². The average Bonchev–Trinajstić information content (AvgIpc) is 1.98. The van der Waals surface area contributed by atoms with E-state index in [4.69, 9.17) is 10.8 Å². The summed E-state index contributed by atoms with van der Waals surface area (Å²) in [6.45, 7) is 1.82. The second-order valence-electron chi connectivity index (χ2n) is 2.56. The van der Waals surface area contributed by atoms with Crippen LogP contribution in [0.4, 0.5) is 5.69 Å². The first kappa shape index (κ1) is 8.52. The van der Waals surface area contributed by atoms with Gasteiger partial charge in [0.05, 0.1) is 17.8 Å². The number of nitrogens with zero attached hydrogens (tertiary/aromatic N) is 1. The molecule has 0 aliphatic carbocycles. The zero-order valence-corrected chi connectivity index (χ0v) is 6.74. The standard InChI is InChI=1S/C8H10N2O2/c1-5-2-3-10-6(8(5)9)4-7(11)12/h2-3H,4,9H2,1H3,(H,11,12). The Balaban J connectivity index is 3.00. The van der Waals surface area contributed by atoms with Gasteiger partial charge in [-0.05, 0) is 18.6 Å². The number of aliphatic carboxylic acids is 1. The highest BCUT2D eigenvalue weighted by Gasteiger charge is 2.06. The second-order valence-corrected chi connectivity index (χ2v) is 2.56. The topological polar surface area (TPSA) is 76.2 Å². The fourth-order valence-electron chi connectivity index (χ4n) is 0.910. The summed E-state index contributed by atoms with van der Waals surface area (Å²) in [7, 11) is 0. The molecule has 4 nitrogen and oxygen atoms in total. The Labute approximate surface area is 70.0 Å². The number of aryl methyl sites for hydroxylation is 1. The van der Waals surface area contributed by atoms with E-state index in [1.54, 1.807) is 12.3 Å². The Hall–Kier alpha value is -1.58. The van der Waals surface area contributed by atoms with Gasteiger partial charge in [0.15, 0.2) is 0 Å². The van der Waals surface area contributed by atoms with Crippen LogP contribution in [0.15, 0.2) is 12.3 Å². The third-order valence-electron chi connectivity index (χ3n) is 1.61. The minimum absolute atomic E-state index is 0.118. The van der Waals surface area contributed by atoms with Crippen LogP contribution in [0.25, 0.3) is 0 Å². The lowest BCUT2D eigenvalue weighted by Crippen LogP contribution is -2.06. The van der Waals surface area contributed by atoms with Crippen molar-refractivity contribution in [1.82, 2.24) is 4.98 Å². The molecule has 1 aromatic heterocycles. The van der Waals surface area contributed by atoms with Gasteiger partial charge in [-0.15, -0.1) is 0 Å². The van der Waals surface area contributed by atoms with E-state index in [-0.39, 0.29) is 6.42 Å². The third kappa shape index (κ3) is 1.72. The lowest BCUT2D eigenvalue weighted by molar-refractivity contribution is -0.136. The van der Waals surface area contributed by atoms with E-state index in [9.17, 15) is 4.79 Å². The Kier molecular flexibility index (Phi) is 2.28. The van der Waals surface area contributed by atoms with Crippen LogP contribution in [0.1, 0.15) is 11.3 Å². The first-order valence-corrected chi connectivity index (χ1v) is 3.53. The smallest absolute Gasteiger partial charge is 0.309 e. The normalized spacial score (nSPS) is 9.75. The van der Waals surface area contributed by atoms with E-state index in [1.165, 1.54) is 0 Å². The number of nitrogen functional groups attached to an aromatic ring is 1. The van der Waals surface area contributed by atoms with Gasteiger partial charge >= 0.3 is 5.97 Å². The predicted octanol–water partition coefficient (Wildman–Crippen LogP) is 0.599. The summed E-state index contributed by atoms with van der Waals surface area (Å²) in [4.78, 5) is 14.2. The molecule has 64 valence electrons. The first-order valence-electron chi connectivity index (χ1n) is 3.53. The van der Waals surface area contributed by atoms with Gasteiger partial charge in [-0.25, -0.2) is 0 Å². The van der Waals surface area contributed by atoms with Gasteiger partial charge in [-0.1, -0.05) is 0 Å². The molecule has 0 spiro atoms. The number of carboxylic acid groups (broad SMARTS) is 1. The van der Waals surface area contributed by atoms with Gasteiger partial charge in [0.25, 0.3) is 0 Å². The van der Waals surface area contributed by atoms with Gasteiger partial charge in [0.2, 0.25) is 0 Å². The van der Waals surface area contributed by atoms with Crippen molar-refractivity contribution >= 4 is 11.7 Å². The number of rotatable bonds is 2. The van der Waals surface area contributed by atoms with Crippen LogP contribution in [0.5, 0.6) is 0 Å². The van der Waals surface area contributed by atoms with Crippen LogP contribution < -0.4 is 5.73 Å². The quantitative estimate of drug-likeness (QED) is 0.674. The maximum atomic E-state index is 10.3. The molecular formula is C8H10N2O2. The van der Waals surface area contributed by atoms with Gasteiger partial charge in [0, 0.05) is 6.20 Å². The molecule has 1 rings (SSSR count). The molecule has 4 heteroatoms. The van der Waals surface area contributed by atoms with Gasteiger partial charge in [-0.3, -0.25) is 9.78 Å². The number of hydrogen-bond donors (Lipinski definition) is 2. The molecule has 1 heterocycles. The van der Waals surface area contributed by atoms with Crippen molar-refractivity contribution < 1.29 is 9.90 Å². The van der Waals surface area contributed by atoms with E-state index in [1.807, 2.05) is 6.92 Å². The van der Waals surface area contributed by atoms with E-state index in [0.717, 1.165) is 5.56 Å². The summed E-state index contributed by atoms with van der Waals surface area (Å²) in [5.74, 6) is -0.917. The number of pyridine rings is 1. The fraction of sp³-hybridized carbons (Fsp3) is 0.250. The molecule has 0 radical (unpaired) electrons. The first-order chi connectivity index (χ1) is 5.61. The van der Waals surface area contributed by atoms with Crippen molar-refractivity contribution in [3.05, 3.63) is 23.5 Å². The number of anilines is 1. The van der Waals surface area contributed by atoms with Crippen molar-refractivity contribution in [3.8, 4) is 0 Å². The van der Waals surface area contributed by atoms with Crippen molar-refractivity contribution in [2.45, 2.75) is 13.3 Å². The lowest BCUT2D eigenvalue weighted by Gasteiger charge is -2.03. The van der Waals surface area contributed by atoms with Crippen LogP contribution in [0.2, 0.25) is 0 Å². The molecule has 3 N–H and O–H groups in total. The molecule has 0 fully saturated rings. The Morgan fingerprint density at radius 1 is 1.75 bits per heavy atom. The summed E-state index contributed by atoms with van der Waals surface area (Å²) in [5.41, 5.74) is 7.37. The van der Waals surface area contributed by atoms with Crippen molar-refractivity contribution in [3.63, 3.8) is 0 Å². The highest BCUT2D eigenvalue weighted by molar-refractivity contribution is 5.72. The van der Waals surface area contributed by atoms with Crippen LogP contribution in [-0.2, 0) is 11.2 Å². The Morgan fingerprint density at radius 3 is 3.00 bits per heavy atom. The van der Waals surface area contributed by atoms with Crippen LogP contribution in [-0.4, -0.2) is 16.1 Å². The largest absolute Gasteiger partial charge is 0.481 e. The summed E-state index contributed by atoms with van der Waals surface area (Å²) in [6.07, 6.45) is 1.44. The predicted molar refractivity (Wildman–Crippen MR) is 44.7 cm³/mol. The van der Waals surface area contributed by atoms with Crippen molar-refractivity contribution in [2.75, 3.05) is 5.73 Å². The molecule has 0 saturated heterocycles. The molecule has 0 aromatic carbocycles.